The number of hydrogen-bond donors (Lipinski definition) is 1. The SMILES string of the molecule is O=C(Nc1nccnn1)c1cc(Cl)ccc1I. The molecule has 0 fully saturated rings. The van der Waals surface area contributed by atoms with Crippen LogP contribution in [-0.4, -0.2) is 21.1 Å². The Labute approximate surface area is 116 Å². The van der Waals surface area contributed by atoms with Crippen molar-refractivity contribution in [1.29, 1.82) is 0 Å². The van der Waals surface area contributed by atoms with Crippen molar-refractivity contribution in [3.8, 4) is 0 Å². The molecule has 1 N–H and O–H groups in total. The second-order valence-corrected chi connectivity index (χ2v) is 4.64. The summed E-state index contributed by atoms with van der Waals surface area (Å²) in [5, 5.41) is 10.3. The second kappa shape index (κ2) is 5.37. The lowest BCUT2D eigenvalue weighted by molar-refractivity contribution is 0.102. The first-order chi connectivity index (χ1) is 8.16. The van der Waals surface area contributed by atoms with E-state index in [9.17, 15) is 4.79 Å². The van der Waals surface area contributed by atoms with Gasteiger partial charge in [0.15, 0.2) is 0 Å². The summed E-state index contributed by atoms with van der Waals surface area (Å²) in [7, 11) is 0. The lowest BCUT2D eigenvalue weighted by Gasteiger charge is -2.05. The molecule has 0 atom stereocenters. The molecule has 0 aliphatic carbocycles. The molecule has 0 aliphatic heterocycles. The molecule has 1 aromatic heterocycles. The number of rotatable bonds is 2. The van der Waals surface area contributed by atoms with Gasteiger partial charge in [0.1, 0.15) is 0 Å². The Morgan fingerprint density at radius 3 is 2.88 bits per heavy atom. The Kier molecular flexibility index (Phi) is 3.85. The number of aromatic nitrogens is 3. The molecule has 1 heterocycles. The average molecular weight is 361 g/mol. The van der Waals surface area contributed by atoms with Gasteiger partial charge < -0.3 is 0 Å². The summed E-state index contributed by atoms with van der Waals surface area (Å²) in [5.74, 6) is -0.154. The van der Waals surface area contributed by atoms with Gasteiger partial charge in [0.2, 0.25) is 5.95 Å². The smallest absolute Gasteiger partial charge is 0.259 e. The molecule has 0 saturated heterocycles. The number of hydrogen-bond acceptors (Lipinski definition) is 4. The van der Waals surface area contributed by atoms with Crippen LogP contribution in [0.5, 0.6) is 0 Å². The maximum absolute atomic E-state index is 11.9. The zero-order valence-corrected chi connectivity index (χ0v) is 11.3. The molecular formula is C10H6ClIN4O. The minimum atomic E-state index is -0.315. The fourth-order valence-corrected chi connectivity index (χ4v) is 1.90. The van der Waals surface area contributed by atoms with Crippen molar-refractivity contribution in [3.05, 3.63) is 44.7 Å². The minimum Gasteiger partial charge on any atom is -0.289 e. The molecule has 86 valence electrons. The number of carbonyl (C=O) groups excluding carboxylic acids is 1. The highest BCUT2D eigenvalue weighted by molar-refractivity contribution is 14.1. The van der Waals surface area contributed by atoms with Gasteiger partial charge in [-0.15, -0.1) is 5.10 Å². The Hall–Kier alpha value is -1.28. The van der Waals surface area contributed by atoms with Crippen LogP contribution in [-0.2, 0) is 0 Å². The first-order valence-corrected chi connectivity index (χ1v) is 6.02. The molecule has 0 spiro atoms. The van der Waals surface area contributed by atoms with Crippen LogP contribution in [0.3, 0.4) is 0 Å². The van der Waals surface area contributed by atoms with Crippen LogP contribution < -0.4 is 5.32 Å². The zero-order chi connectivity index (χ0) is 12.3. The molecule has 1 aromatic carbocycles. The van der Waals surface area contributed by atoms with Gasteiger partial charge in [0, 0.05) is 8.59 Å². The van der Waals surface area contributed by atoms with Crippen LogP contribution in [0.1, 0.15) is 10.4 Å². The summed E-state index contributed by atoms with van der Waals surface area (Å²) in [6, 6.07) is 5.08. The third-order valence-corrected chi connectivity index (χ3v) is 3.06. The maximum atomic E-state index is 11.9. The Bertz CT molecular complexity index is 549. The molecule has 1 amide bonds. The second-order valence-electron chi connectivity index (χ2n) is 3.04. The van der Waals surface area contributed by atoms with Crippen molar-refractivity contribution in [1.82, 2.24) is 15.2 Å². The molecule has 0 unspecified atom stereocenters. The molecule has 5 nitrogen and oxygen atoms in total. The standard InChI is InChI=1S/C10H6ClIN4O/c11-6-1-2-8(12)7(5-6)9(17)15-10-13-3-4-14-16-10/h1-5H,(H,13,15,16,17). The minimum absolute atomic E-state index is 0.160. The summed E-state index contributed by atoms with van der Waals surface area (Å²) >= 11 is 7.90. The third-order valence-electron chi connectivity index (χ3n) is 1.88. The number of nitrogens with zero attached hydrogens (tertiary/aromatic N) is 3. The normalized spacial score (nSPS) is 10.0. The van der Waals surface area contributed by atoms with Crippen LogP contribution >= 0.6 is 34.2 Å². The van der Waals surface area contributed by atoms with E-state index >= 15 is 0 Å². The topological polar surface area (TPSA) is 67.8 Å². The molecular weight excluding hydrogens is 354 g/mol. The predicted octanol–water partition coefficient (Wildman–Crippen LogP) is 2.38. The predicted molar refractivity (Wildman–Crippen MR) is 71.9 cm³/mol. The highest BCUT2D eigenvalue weighted by Crippen LogP contribution is 2.18. The van der Waals surface area contributed by atoms with E-state index in [4.69, 9.17) is 11.6 Å². The summed E-state index contributed by atoms with van der Waals surface area (Å²) in [6.45, 7) is 0. The van der Waals surface area contributed by atoms with Gasteiger partial charge in [-0.25, -0.2) is 4.98 Å². The van der Waals surface area contributed by atoms with Crippen molar-refractivity contribution in [2.24, 2.45) is 0 Å². The number of amides is 1. The molecule has 2 aromatic rings. The van der Waals surface area contributed by atoms with Crippen LogP contribution in [0, 0.1) is 3.57 Å². The van der Waals surface area contributed by atoms with E-state index in [1.54, 1.807) is 18.2 Å². The zero-order valence-electron chi connectivity index (χ0n) is 8.39. The van der Waals surface area contributed by atoms with Gasteiger partial charge in [-0.1, -0.05) is 11.6 Å². The Morgan fingerprint density at radius 2 is 2.18 bits per heavy atom. The fourth-order valence-electron chi connectivity index (χ4n) is 1.15. The van der Waals surface area contributed by atoms with Crippen molar-refractivity contribution >= 4 is 46.0 Å². The monoisotopic (exact) mass is 360 g/mol. The van der Waals surface area contributed by atoms with Crippen molar-refractivity contribution in [2.45, 2.75) is 0 Å². The molecule has 0 aliphatic rings. The highest BCUT2D eigenvalue weighted by atomic mass is 127. The van der Waals surface area contributed by atoms with Crippen molar-refractivity contribution < 1.29 is 4.79 Å². The molecule has 0 bridgehead atoms. The van der Waals surface area contributed by atoms with Crippen molar-refractivity contribution in [3.63, 3.8) is 0 Å². The van der Waals surface area contributed by atoms with Gasteiger partial charge in [0.05, 0.1) is 18.0 Å². The summed E-state index contributed by atoms with van der Waals surface area (Å²) < 4.78 is 0.799. The highest BCUT2D eigenvalue weighted by Gasteiger charge is 2.11. The Balaban J connectivity index is 2.23. The molecule has 7 heteroatoms. The number of anilines is 1. The van der Waals surface area contributed by atoms with E-state index in [-0.39, 0.29) is 11.9 Å². The maximum Gasteiger partial charge on any atom is 0.259 e. The number of benzene rings is 1. The van der Waals surface area contributed by atoms with E-state index < -0.39 is 0 Å². The van der Waals surface area contributed by atoms with E-state index in [1.807, 2.05) is 0 Å². The van der Waals surface area contributed by atoms with E-state index in [0.29, 0.717) is 10.6 Å². The van der Waals surface area contributed by atoms with Gasteiger partial charge >= 0.3 is 0 Å². The van der Waals surface area contributed by atoms with E-state index in [2.05, 4.69) is 43.1 Å². The Morgan fingerprint density at radius 1 is 1.35 bits per heavy atom. The number of halogens is 2. The van der Waals surface area contributed by atoms with E-state index in [0.717, 1.165) is 3.57 Å². The lowest BCUT2D eigenvalue weighted by atomic mass is 10.2. The lowest BCUT2D eigenvalue weighted by Crippen LogP contribution is -2.15. The van der Waals surface area contributed by atoms with Gasteiger partial charge in [-0.2, -0.15) is 5.10 Å². The molecule has 0 saturated carbocycles. The summed E-state index contributed by atoms with van der Waals surface area (Å²) in [5.41, 5.74) is 0.477. The van der Waals surface area contributed by atoms with Crippen LogP contribution in [0.25, 0.3) is 0 Å². The van der Waals surface area contributed by atoms with Crippen LogP contribution in [0.4, 0.5) is 5.95 Å². The van der Waals surface area contributed by atoms with Crippen LogP contribution in [0.15, 0.2) is 30.6 Å². The van der Waals surface area contributed by atoms with E-state index in [1.165, 1.54) is 12.4 Å². The fraction of sp³-hybridized carbons (Fsp3) is 0. The molecule has 2 rings (SSSR count). The van der Waals surface area contributed by atoms with Gasteiger partial charge in [-0.05, 0) is 40.8 Å². The van der Waals surface area contributed by atoms with Crippen LogP contribution in [0.2, 0.25) is 5.02 Å². The molecule has 0 radical (unpaired) electrons. The first-order valence-electron chi connectivity index (χ1n) is 4.57. The first kappa shape index (κ1) is 12.2. The number of nitrogens with one attached hydrogen (secondary N) is 1. The summed E-state index contributed by atoms with van der Waals surface area (Å²) in [6.07, 6.45) is 2.88. The quantitative estimate of drug-likeness (QED) is 0.835. The number of carbonyl (C=O) groups is 1. The van der Waals surface area contributed by atoms with Crippen molar-refractivity contribution in [2.75, 3.05) is 5.32 Å². The molecule has 17 heavy (non-hydrogen) atoms. The van der Waals surface area contributed by atoms with Gasteiger partial charge in [-0.3, -0.25) is 10.1 Å². The average Bonchev–Trinajstić information content (AvgIpc) is 2.33. The van der Waals surface area contributed by atoms with Gasteiger partial charge in [0.25, 0.3) is 5.91 Å². The summed E-state index contributed by atoms with van der Waals surface area (Å²) in [4.78, 5) is 15.8. The third kappa shape index (κ3) is 3.10. The largest absolute Gasteiger partial charge is 0.289 e.